The minimum absolute atomic E-state index is 0.198. The number of carbonyl (C=O) groups excluding carboxylic acids is 1. The minimum Gasteiger partial charge on any atom is -0.489 e. The largest absolute Gasteiger partial charge is 0.489 e. The third kappa shape index (κ3) is 4.43. The van der Waals surface area contributed by atoms with Gasteiger partial charge in [0.15, 0.2) is 5.82 Å². The summed E-state index contributed by atoms with van der Waals surface area (Å²) in [4.78, 5) is 18.9. The number of hydrogen-bond acceptors (Lipinski definition) is 3. The van der Waals surface area contributed by atoms with E-state index < -0.39 is 18.2 Å². The van der Waals surface area contributed by atoms with Gasteiger partial charge in [-0.25, -0.2) is 18.2 Å². The zero-order valence-corrected chi connectivity index (χ0v) is 15.5. The SMILES string of the molecule is O=C(Nc1cccc(COc2cccc(F)c2)c1)c1ccc2nc(C(F)F)[nH]c2c1. The van der Waals surface area contributed by atoms with Crippen molar-refractivity contribution in [2.24, 2.45) is 0 Å². The van der Waals surface area contributed by atoms with Crippen molar-refractivity contribution in [1.29, 1.82) is 0 Å². The highest BCUT2D eigenvalue weighted by Gasteiger charge is 2.14. The highest BCUT2D eigenvalue weighted by molar-refractivity contribution is 6.05. The summed E-state index contributed by atoms with van der Waals surface area (Å²) in [7, 11) is 0. The Morgan fingerprint density at radius 2 is 1.90 bits per heavy atom. The van der Waals surface area contributed by atoms with E-state index in [4.69, 9.17) is 4.74 Å². The third-order valence-corrected chi connectivity index (χ3v) is 4.36. The number of amides is 1. The maximum absolute atomic E-state index is 13.2. The van der Waals surface area contributed by atoms with Crippen LogP contribution in [0.4, 0.5) is 18.9 Å². The Balaban J connectivity index is 1.45. The van der Waals surface area contributed by atoms with Crippen molar-refractivity contribution < 1.29 is 22.7 Å². The quantitative estimate of drug-likeness (QED) is 0.442. The summed E-state index contributed by atoms with van der Waals surface area (Å²) in [5.41, 5.74) is 2.34. The van der Waals surface area contributed by atoms with Crippen LogP contribution in [0.15, 0.2) is 66.7 Å². The molecule has 0 saturated carbocycles. The van der Waals surface area contributed by atoms with Crippen molar-refractivity contribution in [2.75, 3.05) is 5.32 Å². The van der Waals surface area contributed by atoms with Crippen LogP contribution in [0.2, 0.25) is 0 Å². The van der Waals surface area contributed by atoms with Crippen LogP contribution in [0.3, 0.4) is 0 Å². The van der Waals surface area contributed by atoms with Gasteiger partial charge in [0.05, 0.1) is 11.0 Å². The maximum Gasteiger partial charge on any atom is 0.295 e. The zero-order chi connectivity index (χ0) is 21.1. The summed E-state index contributed by atoms with van der Waals surface area (Å²) in [5, 5.41) is 2.76. The summed E-state index contributed by atoms with van der Waals surface area (Å²) in [6.07, 6.45) is -2.72. The number of rotatable bonds is 6. The highest BCUT2D eigenvalue weighted by atomic mass is 19.3. The Kier molecular flexibility index (Phi) is 5.38. The molecule has 0 atom stereocenters. The van der Waals surface area contributed by atoms with Gasteiger partial charge in [0.2, 0.25) is 0 Å². The molecule has 30 heavy (non-hydrogen) atoms. The van der Waals surface area contributed by atoms with Gasteiger partial charge in [-0.2, -0.15) is 0 Å². The number of hydrogen-bond donors (Lipinski definition) is 2. The number of anilines is 1. The Hall–Kier alpha value is -3.81. The van der Waals surface area contributed by atoms with E-state index >= 15 is 0 Å². The van der Waals surface area contributed by atoms with Crippen molar-refractivity contribution in [3.05, 3.63) is 89.5 Å². The lowest BCUT2D eigenvalue weighted by Gasteiger charge is -2.09. The maximum atomic E-state index is 13.2. The molecule has 8 heteroatoms. The van der Waals surface area contributed by atoms with Crippen molar-refractivity contribution in [3.8, 4) is 5.75 Å². The molecule has 1 aromatic heterocycles. The number of nitrogens with zero attached hydrogens (tertiary/aromatic N) is 1. The number of ether oxygens (including phenoxy) is 1. The first-order valence-electron chi connectivity index (χ1n) is 9.04. The van der Waals surface area contributed by atoms with Crippen LogP contribution in [0.25, 0.3) is 11.0 Å². The average Bonchev–Trinajstić information content (AvgIpc) is 3.16. The molecule has 0 saturated heterocycles. The normalized spacial score (nSPS) is 11.1. The second kappa shape index (κ2) is 8.28. The first kappa shape index (κ1) is 19.5. The molecule has 0 bridgehead atoms. The van der Waals surface area contributed by atoms with Crippen molar-refractivity contribution in [1.82, 2.24) is 9.97 Å². The van der Waals surface area contributed by atoms with E-state index in [1.165, 1.54) is 30.3 Å². The monoisotopic (exact) mass is 411 g/mol. The van der Waals surface area contributed by atoms with Crippen LogP contribution in [0.1, 0.15) is 28.2 Å². The summed E-state index contributed by atoms with van der Waals surface area (Å²) >= 11 is 0. The predicted octanol–water partition coefficient (Wildman–Crippen LogP) is 5.47. The van der Waals surface area contributed by atoms with Crippen LogP contribution in [-0.2, 0) is 6.61 Å². The number of alkyl halides is 2. The molecule has 4 aromatic rings. The molecule has 3 aromatic carbocycles. The smallest absolute Gasteiger partial charge is 0.295 e. The molecule has 5 nitrogen and oxygen atoms in total. The Labute approximate surface area is 169 Å². The van der Waals surface area contributed by atoms with Crippen molar-refractivity contribution >= 4 is 22.6 Å². The molecule has 0 fully saturated rings. The van der Waals surface area contributed by atoms with Crippen molar-refractivity contribution in [2.45, 2.75) is 13.0 Å². The van der Waals surface area contributed by atoms with Crippen LogP contribution >= 0.6 is 0 Å². The van der Waals surface area contributed by atoms with Gasteiger partial charge < -0.3 is 15.0 Å². The number of nitrogens with one attached hydrogen (secondary N) is 2. The predicted molar refractivity (Wildman–Crippen MR) is 106 cm³/mol. The molecular weight excluding hydrogens is 395 g/mol. The number of benzene rings is 3. The fraction of sp³-hybridized carbons (Fsp3) is 0.0909. The molecular formula is C22H16F3N3O2. The van der Waals surface area contributed by atoms with E-state index in [1.807, 2.05) is 6.07 Å². The number of carbonyl (C=O) groups is 1. The summed E-state index contributed by atoms with van der Waals surface area (Å²) in [6.45, 7) is 0.198. The third-order valence-electron chi connectivity index (χ3n) is 4.36. The molecule has 0 aliphatic rings. The molecule has 1 heterocycles. The Bertz CT molecular complexity index is 1210. The lowest BCUT2D eigenvalue weighted by atomic mass is 10.1. The molecule has 0 radical (unpaired) electrons. The second-order valence-electron chi connectivity index (χ2n) is 6.56. The zero-order valence-electron chi connectivity index (χ0n) is 15.5. The van der Waals surface area contributed by atoms with Crippen LogP contribution in [0.5, 0.6) is 5.75 Å². The minimum atomic E-state index is -2.72. The average molecular weight is 411 g/mol. The molecule has 2 N–H and O–H groups in total. The van der Waals surface area contributed by atoms with Crippen LogP contribution < -0.4 is 10.1 Å². The Morgan fingerprint density at radius 3 is 2.70 bits per heavy atom. The van der Waals surface area contributed by atoms with Crippen LogP contribution in [-0.4, -0.2) is 15.9 Å². The number of fused-ring (bicyclic) bond motifs is 1. The molecule has 0 aliphatic carbocycles. The topological polar surface area (TPSA) is 67.0 Å². The first-order valence-corrected chi connectivity index (χ1v) is 9.04. The van der Waals surface area contributed by atoms with Gasteiger partial charge in [0.25, 0.3) is 12.3 Å². The van der Waals surface area contributed by atoms with Crippen molar-refractivity contribution in [3.63, 3.8) is 0 Å². The molecule has 152 valence electrons. The molecule has 4 rings (SSSR count). The molecule has 0 aliphatic heterocycles. The van der Waals surface area contributed by atoms with Gasteiger partial charge in [-0.1, -0.05) is 18.2 Å². The molecule has 0 spiro atoms. The molecule has 1 amide bonds. The van der Waals surface area contributed by atoms with E-state index in [2.05, 4.69) is 15.3 Å². The van der Waals surface area contributed by atoms with E-state index in [1.54, 1.807) is 30.3 Å². The summed E-state index contributed by atoms with van der Waals surface area (Å²) in [6, 6.07) is 17.4. The summed E-state index contributed by atoms with van der Waals surface area (Å²) in [5.74, 6) is -0.814. The highest BCUT2D eigenvalue weighted by Crippen LogP contribution is 2.22. The van der Waals surface area contributed by atoms with Gasteiger partial charge in [-0.05, 0) is 48.0 Å². The number of H-pyrrole nitrogens is 1. The fourth-order valence-electron chi connectivity index (χ4n) is 2.94. The number of aromatic amines is 1. The number of halogens is 3. The first-order chi connectivity index (χ1) is 14.5. The van der Waals surface area contributed by atoms with Gasteiger partial charge >= 0.3 is 0 Å². The van der Waals surface area contributed by atoms with E-state index in [-0.39, 0.29) is 12.4 Å². The van der Waals surface area contributed by atoms with Gasteiger partial charge in [-0.15, -0.1) is 0 Å². The molecule has 0 unspecified atom stereocenters. The van der Waals surface area contributed by atoms with Gasteiger partial charge in [-0.3, -0.25) is 4.79 Å². The fourth-order valence-corrected chi connectivity index (χ4v) is 2.94. The van der Waals surface area contributed by atoms with Gasteiger partial charge in [0, 0.05) is 17.3 Å². The van der Waals surface area contributed by atoms with E-state index in [0.717, 1.165) is 5.56 Å². The standard InChI is InChI=1S/C22H16F3N3O2/c23-15-4-2-6-17(11-15)30-12-13-3-1-5-16(9-13)26-22(29)14-7-8-18-19(10-14)28-21(27-18)20(24)25/h1-11,20H,12H2,(H,26,29)(H,27,28). The summed E-state index contributed by atoms with van der Waals surface area (Å²) < 4.78 is 44.3. The number of imidazole rings is 1. The van der Waals surface area contributed by atoms with Crippen LogP contribution in [0, 0.1) is 5.82 Å². The second-order valence-corrected chi connectivity index (χ2v) is 6.56. The Morgan fingerprint density at radius 1 is 1.07 bits per heavy atom. The lowest BCUT2D eigenvalue weighted by molar-refractivity contribution is 0.102. The van der Waals surface area contributed by atoms with E-state index in [9.17, 15) is 18.0 Å². The van der Waals surface area contributed by atoms with E-state index in [0.29, 0.717) is 28.0 Å². The van der Waals surface area contributed by atoms with Gasteiger partial charge in [0.1, 0.15) is 18.2 Å². The number of aromatic nitrogens is 2. The lowest BCUT2D eigenvalue weighted by Crippen LogP contribution is -2.12.